The number of nitrogens with zero attached hydrogens (tertiary/aromatic N) is 3. The number of aryl methyl sites for hydroxylation is 1. The SMILES string of the molecule is N#Cc1ccc(Cn2ccnc2)cc1Oc1cccc2c1C(=O)CCC2. The van der Waals surface area contributed by atoms with Crippen LogP contribution < -0.4 is 4.74 Å². The third-order valence-electron chi connectivity index (χ3n) is 4.55. The Kier molecular flexibility index (Phi) is 4.24. The maximum absolute atomic E-state index is 12.4. The van der Waals surface area contributed by atoms with E-state index in [0.29, 0.717) is 35.6 Å². The number of carbonyl (C=O) groups excluding carboxylic acids is 1. The van der Waals surface area contributed by atoms with E-state index in [0.717, 1.165) is 24.0 Å². The fraction of sp³-hybridized carbons (Fsp3) is 0.190. The minimum absolute atomic E-state index is 0.106. The largest absolute Gasteiger partial charge is 0.455 e. The summed E-state index contributed by atoms with van der Waals surface area (Å²) < 4.78 is 8.00. The van der Waals surface area contributed by atoms with Crippen LogP contribution in [0.1, 0.15) is 39.9 Å². The zero-order valence-electron chi connectivity index (χ0n) is 14.2. The quantitative estimate of drug-likeness (QED) is 0.715. The summed E-state index contributed by atoms with van der Waals surface area (Å²) in [5.41, 5.74) is 3.11. The number of Topliss-reactive ketones (excluding diaryl/α,β-unsaturated/α-hetero) is 1. The van der Waals surface area contributed by atoms with E-state index in [2.05, 4.69) is 11.1 Å². The zero-order chi connectivity index (χ0) is 17.9. The molecule has 1 aromatic heterocycles. The molecule has 5 nitrogen and oxygen atoms in total. The van der Waals surface area contributed by atoms with Crippen LogP contribution >= 0.6 is 0 Å². The van der Waals surface area contributed by atoms with Gasteiger partial charge in [0.15, 0.2) is 5.78 Å². The van der Waals surface area contributed by atoms with Gasteiger partial charge in [0, 0.05) is 25.4 Å². The van der Waals surface area contributed by atoms with Gasteiger partial charge in [-0.15, -0.1) is 0 Å². The molecule has 4 rings (SSSR count). The first-order valence-electron chi connectivity index (χ1n) is 8.56. The number of benzene rings is 2. The summed E-state index contributed by atoms with van der Waals surface area (Å²) in [6.07, 6.45) is 7.64. The Morgan fingerprint density at radius 1 is 1.19 bits per heavy atom. The van der Waals surface area contributed by atoms with Crippen molar-refractivity contribution in [2.75, 3.05) is 0 Å². The van der Waals surface area contributed by atoms with E-state index in [9.17, 15) is 10.1 Å². The number of fused-ring (bicyclic) bond motifs is 1. The molecule has 0 atom stereocenters. The first-order valence-corrected chi connectivity index (χ1v) is 8.56. The molecule has 128 valence electrons. The predicted octanol–water partition coefficient (Wildman–Crippen LogP) is 4.11. The van der Waals surface area contributed by atoms with Gasteiger partial charge in [0.1, 0.15) is 17.6 Å². The smallest absolute Gasteiger partial charge is 0.166 e. The third kappa shape index (κ3) is 3.09. The van der Waals surface area contributed by atoms with E-state index in [1.165, 1.54) is 0 Å². The number of aromatic nitrogens is 2. The topological polar surface area (TPSA) is 67.9 Å². The normalized spacial score (nSPS) is 13.1. The van der Waals surface area contributed by atoms with Gasteiger partial charge in [0.05, 0.1) is 17.5 Å². The van der Waals surface area contributed by atoms with Gasteiger partial charge in [0.2, 0.25) is 0 Å². The van der Waals surface area contributed by atoms with E-state index in [1.807, 2.05) is 35.0 Å². The Bertz CT molecular complexity index is 1000. The number of carbonyl (C=O) groups is 1. The van der Waals surface area contributed by atoms with Crippen LogP contribution in [-0.2, 0) is 13.0 Å². The van der Waals surface area contributed by atoms with Crippen LogP contribution in [0.4, 0.5) is 0 Å². The molecule has 5 heteroatoms. The van der Waals surface area contributed by atoms with Crippen LogP contribution in [0.5, 0.6) is 11.5 Å². The van der Waals surface area contributed by atoms with Gasteiger partial charge in [-0.2, -0.15) is 5.26 Å². The molecule has 0 saturated heterocycles. The van der Waals surface area contributed by atoms with Crippen molar-refractivity contribution >= 4 is 5.78 Å². The monoisotopic (exact) mass is 343 g/mol. The highest BCUT2D eigenvalue weighted by Gasteiger charge is 2.22. The first-order chi connectivity index (χ1) is 12.7. The van der Waals surface area contributed by atoms with Crippen molar-refractivity contribution in [2.24, 2.45) is 0 Å². The number of rotatable bonds is 4. The summed E-state index contributed by atoms with van der Waals surface area (Å²) in [6, 6.07) is 13.3. The van der Waals surface area contributed by atoms with Gasteiger partial charge in [-0.05, 0) is 42.2 Å². The van der Waals surface area contributed by atoms with Crippen LogP contribution in [-0.4, -0.2) is 15.3 Å². The molecule has 0 N–H and O–H groups in total. The molecule has 0 radical (unpaired) electrons. The molecule has 0 fully saturated rings. The predicted molar refractivity (Wildman–Crippen MR) is 96.3 cm³/mol. The Hall–Kier alpha value is -3.39. The second kappa shape index (κ2) is 6.85. The summed E-state index contributed by atoms with van der Waals surface area (Å²) in [7, 11) is 0. The first kappa shape index (κ1) is 16.1. The van der Waals surface area contributed by atoms with E-state index in [-0.39, 0.29) is 5.78 Å². The lowest BCUT2D eigenvalue weighted by Crippen LogP contribution is -2.12. The molecule has 0 amide bonds. The molecule has 1 heterocycles. The standard InChI is InChI=1S/C21H17N3O2/c22-12-17-8-7-15(13-24-10-9-23-14-24)11-20(17)26-19-6-2-4-16-3-1-5-18(25)21(16)19/h2,4,6-11,14H,1,3,5,13H2. The highest BCUT2D eigenvalue weighted by atomic mass is 16.5. The minimum Gasteiger partial charge on any atom is -0.455 e. The summed E-state index contributed by atoms with van der Waals surface area (Å²) >= 11 is 0. The lowest BCUT2D eigenvalue weighted by Gasteiger charge is -2.19. The van der Waals surface area contributed by atoms with Crippen LogP contribution in [0.15, 0.2) is 55.1 Å². The fourth-order valence-electron chi connectivity index (χ4n) is 3.30. The lowest BCUT2D eigenvalue weighted by atomic mass is 9.90. The Morgan fingerprint density at radius 2 is 2.12 bits per heavy atom. The molecule has 0 spiro atoms. The maximum atomic E-state index is 12.4. The Labute approximate surface area is 151 Å². The van der Waals surface area contributed by atoms with Gasteiger partial charge < -0.3 is 9.30 Å². The molecule has 0 saturated carbocycles. The second-order valence-corrected chi connectivity index (χ2v) is 6.35. The van der Waals surface area contributed by atoms with E-state index in [4.69, 9.17) is 4.74 Å². The molecule has 1 aliphatic carbocycles. The molecule has 3 aromatic rings. The van der Waals surface area contributed by atoms with Gasteiger partial charge >= 0.3 is 0 Å². The van der Waals surface area contributed by atoms with Crippen molar-refractivity contribution in [1.82, 2.24) is 9.55 Å². The van der Waals surface area contributed by atoms with Gasteiger partial charge in [-0.25, -0.2) is 4.98 Å². The lowest BCUT2D eigenvalue weighted by molar-refractivity contribution is 0.0970. The number of ketones is 1. The minimum atomic E-state index is 0.106. The Balaban J connectivity index is 1.70. The summed E-state index contributed by atoms with van der Waals surface area (Å²) in [6.45, 7) is 0.633. The summed E-state index contributed by atoms with van der Waals surface area (Å²) in [4.78, 5) is 16.4. The van der Waals surface area contributed by atoms with E-state index in [1.54, 1.807) is 24.7 Å². The van der Waals surface area contributed by atoms with Crippen molar-refractivity contribution in [3.63, 3.8) is 0 Å². The number of ether oxygens (including phenoxy) is 1. The number of hydrogen-bond acceptors (Lipinski definition) is 4. The van der Waals surface area contributed by atoms with Gasteiger partial charge in [-0.1, -0.05) is 18.2 Å². The second-order valence-electron chi connectivity index (χ2n) is 6.35. The van der Waals surface area contributed by atoms with Crippen molar-refractivity contribution in [2.45, 2.75) is 25.8 Å². The van der Waals surface area contributed by atoms with Crippen molar-refractivity contribution in [3.05, 3.63) is 77.4 Å². The molecule has 0 bridgehead atoms. The van der Waals surface area contributed by atoms with Crippen LogP contribution in [0, 0.1) is 11.3 Å². The van der Waals surface area contributed by atoms with Crippen LogP contribution in [0.25, 0.3) is 0 Å². The number of hydrogen-bond donors (Lipinski definition) is 0. The maximum Gasteiger partial charge on any atom is 0.166 e. The molecule has 2 aromatic carbocycles. The van der Waals surface area contributed by atoms with Gasteiger partial charge in [0.25, 0.3) is 0 Å². The number of nitriles is 1. The van der Waals surface area contributed by atoms with E-state index >= 15 is 0 Å². The average Bonchev–Trinajstić information content (AvgIpc) is 3.15. The molecule has 1 aliphatic rings. The molecular formula is C21H17N3O2. The van der Waals surface area contributed by atoms with Crippen LogP contribution in [0.2, 0.25) is 0 Å². The van der Waals surface area contributed by atoms with E-state index < -0.39 is 0 Å². The highest BCUT2D eigenvalue weighted by Crippen LogP contribution is 2.34. The molecule has 0 unspecified atom stereocenters. The fourth-order valence-corrected chi connectivity index (χ4v) is 3.30. The average molecular weight is 343 g/mol. The summed E-state index contributed by atoms with van der Waals surface area (Å²) in [5.74, 6) is 1.11. The third-order valence-corrected chi connectivity index (χ3v) is 4.55. The molecule has 0 aliphatic heterocycles. The van der Waals surface area contributed by atoms with Crippen molar-refractivity contribution in [3.8, 4) is 17.6 Å². The van der Waals surface area contributed by atoms with Gasteiger partial charge in [-0.3, -0.25) is 4.79 Å². The molecular weight excluding hydrogens is 326 g/mol. The van der Waals surface area contributed by atoms with Crippen LogP contribution in [0.3, 0.4) is 0 Å². The number of imidazole rings is 1. The zero-order valence-corrected chi connectivity index (χ0v) is 14.2. The summed E-state index contributed by atoms with van der Waals surface area (Å²) in [5, 5.41) is 9.42. The molecule has 26 heavy (non-hydrogen) atoms. The van der Waals surface area contributed by atoms with Crippen molar-refractivity contribution < 1.29 is 9.53 Å². The van der Waals surface area contributed by atoms with Crippen molar-refractivity contribution in [1.29, 1.82) is 5.26 Å². The highest BCUT2D eigenvalue weighted by molar-refractivity contribution is 6.01. The Morgan fingerprint density at radius 3 is 2.92 bits per heavy atom.